The van der Waals surface area contributed by atoms with Gasteiger partial charge in [0.05, 0.1) is 72.8 Å². The van der Waals surface area contributed by atoms with Gasteiger partial charge in [-0.2, -0.15) is 52.7 Å². The lowest BCUT2D eigenvalue weighted by Crippen LogP contribution is -2.07. The number of ether oxygens (including phenoxy) is 4. The summed E-state index contributed by atoms with van der Waals surface area (Å²) in [4.78, 5) is 0. The molecule has 0 unspecified atom stereocenters. The number of pyridine rings is 4. The summed E-state index contributed by atoms with van der Waals surface area (Å²) in [5.41, 5.74) is 11.8. The summed E-state index contributed by atoms with van der Waals surface area (Å²) in [5, 5.41) is 0. The Hall–Kier alpha value is -9.72. The fourth-order valence-corrected chi connectivity index (χ4v) is 12.0. The van der Waals surface area contributed by atoms with Crippen molar-refractivity contribution in [3.05, 3.63) is 240 Å². The van der Waals surface area contributed by atoms with Crippen molar-refractivity contribution in [1.29, 1.82) is 0 Å². The van der Waals surface area contributed by atoms with Crippen molar-refractivity contribution in [3.8, 4) is 67.5 Å². The number of halogens is 12. The van der Waals surface area contributed by atoms with Crippen molar-refractivity contribution in [2.24, 2.45) is 0 Å². The fraction of sp³-hybridized carbons (Fsp3) is 0.300. The van der Waals surface area contributed by atoms with Crippen molar-refractivity contribution < 1.29 is 71.6 Å². The number of fused-ring (bicyclic) bond motifs is 4. The lowest BCUT2D eigenvalue weighted by molar-refractivity contribution is -0.138. The van der Waals surface area contributed by atoms with Crippen LogP contribution in [0.1, 0.15) is 124 Å². The lowest BCUT2D eigenvalue weighted by atomic mass is 10.1. The monoisotopic (exact) mass is 1390 g/mol. The standard InChI is InChI=1S/4C20H20F3NO/c4*1-3-4-5-16-12-18(14-6-9-17(25-2)10-7-14)19-11-8-15(13-24(16)19)20(21,22)23/h4*6-13H,3-5H2,1-2H3. The van der Waals surface area contributed by atoms with E-state index in [4.69, 9.17) is 18.9 Å². The molecule has 0 saturated carbocycles. The zero-order valence-electron chi connectivity index (χ0n) is 56.9. The number of methoxy groups -OCH3 is 4. The molecular weight excluding hydrogens is 1310 g/mol. The first-order chi connectivity index (χ1) is 47.7. The second kappa shape index (κ2) is 32.5. The van der Waals surface area contributed by atoms with E-state index in [-0.39, 0.29) is 0 Å². The molecule has 12 aromatic rings. The van der Waals surface area contributed by atoms with Gasteiger partial charge in [-0.25, -0.2) is 0 Å². The Bertz CT molecular complexity index is 4040. The third kappa shape index (κ3) is 17.8. The molecule has 0 N–H and O–H groups in total. The summed E-state index contributed by atoms with van der Waals surface area (Å²) in [6.45, 7) is 8.28. The van der Waals surface area contributed by atoms with Crippen LogP contribution in [-0.2, 0) is 50.4 Å². The molecule has 0 spiro atoms. The van der Waals surface area contributed by atoms with Gasteiger partial charge in [0, 0.05) is 69.8 Å². The summed E-state index contributed by atoms with van der Waals surface area (Å²) in [6, 6.07) is 49.0. The normalized spacial score (nSPS) is 11.9. The number of aromatic nitrogens is 4. The fourth-order valence-electron chi connectivity index (χ4n) is 12.0. The van der Waals surface area contributed by atoms with Crippen LogP contribution in [0.25, 0.3) is 66.6 Å². The van der Waals surface area contributed by atoms with Crippen molar-refractivity contribution in [1.82, 2.24) is 17.6 Å². The molecule has 0 bridgehead atoms. The molecule has 528 valence electrons. The lowest BCUT2D eigenvalue weighted by Gasteiger charge is -2.09. The van der Waals surface area contributed by atoms with E-state index in [1.54, 1.807) is 70.3 Å². The average Bonchev–Trinajstić information content (AvgIpc) is 1.62. The van der Waals surface area contributed by atoms with Crippen LogP contribution in [0.2, 0.25) is 0 Å². The van der Waals surface area contributed by atoms with E-state index in [2.05, 4.69) is 27.7 Å². The maximum Gasteiger partial charge on any atom is 0.417 e. The Labute approximate surface area is 574 Å². The Morgan fingerprint density at radius 3 is 0.590 bits per heavy atom. The van der Waals surface area contributed by atoms with Gasteiger partial charge in [0.15, 0.2) is 0 Å². The molecule has 0 fully saturated rings. The minimum atomic E-state index is -4.35. The summed E-state index contributed by atoms with van der Waals surface area (Å²) in [6.07, 6.45) is -1.90. The summed E-state index contributed by atoms with van der Waals surface area (Å²) in [5.74, 6) is 2.99. The van der Waals surface area contributed by atoms with Crippen LogP contribution in [0.15, 0.2) is 195 Å². The molecule has 0 radical (unpaired) electrons. The summed E-state index contributed by atoms with van der Waals surface area (Å²) < 4.78 is 184. The first-order valence-electron chi connectivity index (χ1n) is 33.2. The predicted molar refractivity (Wildman–Crippen MR) is 372 cm³/mol. The van der Waals surface area contributed by atoms with Gasteiger partial charge >= 0.3 is 24.7 Å². The third-order valence-electron chi connectivity index (χ3n) is 17.4. The molecule has 0 aliphatic heterocycles. The Morgan fingerprint density at radius 2 is 0.440 bits per heavy atom. The second-order valence-electron chi connectivity index (χ2n) is 24.2. The highest BCUT2D eigenvalue weighted by atomic mass is 19.4. The zero-order chi connectivity index (χ0) is 72.1. The minimum Gasteiger partial charge on any atom is -0.497 e. The molecule has 100 heavy (non-hydrogen) atoms. The SMILES string of the molecule is CCCCc1cc(-c2ccc(OC)cc2)c2ccc(C(F)(F)F)cn12.CCCCc1cc(-c2ccc(OC)cc2)c2ccc(C(F)(F)F)cn12.CCCCc1cc(-c2ccc(OC)cc2)c2ccc(C(F)(F)F)cn12.CCCCc1cc(-c2ccc(OC)cc2)c2ccc(C(F)(F)F)cn12. The van der Waals surface area contributed by atoms with Gasteiger partial charge in [-0.05, 0) is 195 Å². The molecule has 20 heteroatoms. The van der Waals surface area contributed by atoms with E-state index in [1.165, 1.54) is 24.8 Å². The van der Waals surface area contributed by atoms with Gasteiger partial charge in [0.25, 0.3) is 0 Å². The number of benzene rings is 4. The number of rotatable bonds is 20. The van der Waals surface area contributed by atoms with E-state index < -0.39 is 47.0 Å². The predicted octanol–water partition coefficient (Wildman–Crippen LogP) is 23.9. The highest BCUT2D eigenvalue weighted by Crippen LogP contribution is 2.40. The number of aryl methyl sites for hydroxylation is 4. The van der Waals surface area contributed by atoms with Crippen LogP contribution in [-0.4, -0.2) is 46.0 Å². The van der Waals surface area contributed by atoms with Gasteiger partial charge in [-0.1, -0.05) is 102 Å². The van der Waals surface area contributed by atoms with Crippen LogP contribution in [0.3, 0.4) is 0 Å². The van der Waals surface area contributed by atoms with E-state index in [0.29, 0.717) is 0 Å². The van der Waals surface area contributed by atoms with Crippen LogP contribution in [0, 0.1) is 0 Å². The molecule has 4 aromatic carbocycles. The number of hydrogen-bond donors (Lipinski definition) is 0. The summed E-state index contributed by atoms with van der Waals surface area (Å²) >= 11 is 0. The number of nitrogens with zero attached hydrogens (tertiary/aromatic N) is 4. The van der Waals surface area contributed by atoms with Crippen molar-refractivity contribution in [2.75, 3.05) is 28.4 Å². The van der Waals surface area contributed by atoms with Crippen LogP contribution in [0.5, 0.6) is 23.0 Å². The molecule has 0 amide bonds. The molecule has 0 aliphatic rings. The van der Waals surface area contributed by atoms with E-state index in [9.17, 15) is 52.7 Å². The Morgan fingerprint density at radius 1 is 0.260 bits per heavy atom. The molecule has 8 nitrogen and oxygen atoms in total. The highest BCUT2D eigenvalue weighted by Gasteiger charge is 2.34. The second-order valence-corrected chi connectivity index (χ2v) is 24.2. The third-order valence-corrected chi connectivity index (χ3v) is 17.4. The molecule has 12 rings (SSSR count). The average molecular weight is 1390 g/mol. The van der Waals surface area contributed by atoms with Gasteiger partial charge < -0.3 is 36.6 Å². The van der Waals surface area contributed by atoms with Crippen molar-refractivity contribution >= 4 is 22.1 Å². The van der Waals surface area contributed by atoms with Crippen LogP contribution >= 0.6 is 0 Å². The summed E-state index contributed by atoms with van der Waals surface area (Å²) in [7, 11) is 6.41. The molecule has 8 aromatic heterocycles. The topological polar surface area (TPSA) is 54.6 Å². The Balaban J connectivity index is 0.000000156. The van der Waals surface area contributed by atoms with Crippen molar-refractivity contribution in [2.45, 2.75) is 129 Å². The number of hydrogen-bond acceptors (Lipinski definition) is 4. The van der Waals surface area contributed by atoms with E-state index in [1.807, 2.05) is 121 Å². The first kappa shape index (κ1) is 74.5. The van der Waals surface area contributed by atoms with Crippen LogP contribution in [0.4, 0.5) is 52.7 Å². The maximum absolute atomic E-state index is 13.1. The van der Waals surface area contributed by atoms with Crippen molar-refractivity contribution in [3.63, 3.8) is 0 Å². The molecule has 0 atom stereocenters. The first-order valence-corrected chi connectivity index (χ1v) is 33.2. The molecular formula is C80H80F12N4O4. The van der Waals surface area contributed by atoms with Gasteiger partial charge in [-0.3, -0.25) is 0 Å². The largest absolute Gasteiger partial charge is 0.497 e. The molecule has 0 saturated heterocycles. The van der Waals surface area contributed by atoms with E-state index in [0.717, 1.165) is 214 Å². The van der Waals surface area contributed by atoms with Crippen LogP contribution < -0.4 is 18.9 Å². The maximum atomic E-state index is 13.1. The van der Waals surface area contributed by atoms with Gasteiger partial charge in [0.2, 0.25) is 0 Å². The zero-order valence-corrected chi connectivity index (χ0v) is 56.9. The smallest absolute Gasteiger partial charge is 0.417 e. The number of alkyl halides is 12. The quantitative estimate of drug-likeness (QED) is 0.0714. The van der Waals surface area contributed by atoms with E-state index >= 15 is 0 Å². The molecule has 8 heterocycles. The number of unbranched alkanes of at least 4 members (excludes halogenated alkanes) is 4. The highest BCUT2D eigenvalue weighted by molar-refractivity contribution is 5.85. The van der Waals surface area contributed by atoms with Gasteiger partial charge in [0.1, 0.15) is 23.0 Å². The molecule has 0 aliphatic carbocycles. The Kier molecular flexibility index (Phi) is 24.2. The minimum absolute atomic E-state index is 0.630. The van der Waals surface area contributed by atoms with Gasteiger partial charge in [-0.15, -0.1) is 0 Å².